The van der Waals surface area contributed by atoms with Gasteiger partial charge in [-0.25, -0.2) is 9.78 Å². The molecule has 2 rings (SSSR count). The van der Waals surface area contributed by atoms with Crippen molar-refractivity contribution in [1.82, 2.24) is 19.9 Å². The number of pyridine rings is 1. The molecule has 0 radical (unpaired) electrons. The molecule has 1 amide bonds. The SMILES string of the molecule is O=C(NCC=Cc1cccnc1)n1ccnc1. The highest BCUT2D eigenvalue weighted by molar-refractivity contribution is 5.76. The molecule has 0 saturated heterocycles. The summed E-state index contributed by atoms with van der Waals surface area (Å²) in [5.74, 6) is 0. The molecular formula is C12H12N4O. The fourth-order valence-electron chi connectivity index (χ4n) is 1.29. The van der Waals surface area contributed by atoms with Gasteiger partial charge in [0.05, 0.1) is 0 Å². The molecule has 0 bridgehead atoms. The van der Waals surface area contributed by atoms with E-state index in [2.05, 4.69) is 15.3 Å². The first kappa shape index (κ1) is 11.1. The highest BCUT2D eigenvalue weighted by Gasteiger charge is 1.99. The van der Waals surface area contributed by atoms with E-state index in [1.807, 2.05) is 24.3 Å². The number of hydrogen-bond acceptors (Lipinski definition) is 3. The lowest BCUT2D eigenvalue weighted by atomic mass is 10.2. The summed E-state index contributed by atoms with van der Waals surface area (Å²) in [6.07, 6.45) is 11.9. The number of carbonyl (C=O) groups is 1. The van der Waals surface area contributed by atoms with Crippen molar-refractivity contribution < 1.29 is 4.79 Å². The minimum Gasteiger partial charge on any atom is -0.334 e. The van der Waals surface area contributed by atoms with E-state index in [0.717, 1.165) is 5.56 Å². The smallest absolute Gasteiger partial charge is 0.327 e. The predicted octanol–water partition coefficient (Wildman–Crippen LogP) is 1.55. The first-order chi connectivity index (χ1) is 8.36. The highest BCUT2D eigenvalue weighted by atomic mass is 16.2. The van der Waals surface area contributed by atoms with Crippen LogP contribution in [-0.4, -0.2) is 27.1 Å². The molecule has 0 spiro atoms. The van der Waals surface area contributed by atoms with Crippen molar-refractivity contribution in [2.24, 2.45) is 0 Å². The third-order valence-corrected chi connectivity index (χ3v) is 2.10. The Balaban J connectivity index is 1.80. The van der Waals surface area contributed by atoms with Gasteiger partial charge in [0.2, 0.25) is 0 Å². The monoisotopic (exact) mass is 228 g/mol. The van der Waals surface area contributed by atoms with Gasteiger partial charge in [0.1, 0.15) is 6.33 Å². The van der Waals surface area contributed by atoms with Crippen molar-refractivity contribution in [1.29, 1.82) is 0 Å². The van der Waals surface area contributed by atoms with Gasteiger partial charge in [-0.3, -0.25) is 9.55 Å². The molecule has 2 heterocycles. The molecule has 86 valence electrons. The first-order valence-corrected chi connectivity index (χ1v) is 5.19. The van der Waals surface area contributed by atoms with Crippen LogP contribution in [-0.2, 0) is 0 Å². The maximum absolute atomic E-state index is 11.5. The molecule has 0 aliphatic carbocycles. The van der Waals surface area contributed by atoms with Crippen LogP contribution in [0.5, 0.6) is 0 Å². The van der Waals surface area contributed by atoms with Crippen LogP contribution in [0, 0.1) is 0 Å². The van der Waals surface area contributed by atoms with E-state index in [1.54, 1.807) is 24.8 Å². The second kappa shape index (κ2) is 5.60. The standard InChI is InChI=1S/C12H12N4O/c17-12(16-8-7-14-10-16)15-6-2-4-11-3-1-5-13-9-11/h1-5,7-10H,6H2,(H,15,17). The van der Waals surface area contributed by atoms with Gasteiger partial charge in [-0.15, -0.1) is 0 Å². The Labute approximate surface area is 98.8 Å². The Kier molecular flexibility index (Phi) is 3.64. The third kappa shape index (κ3) is 3.27. The number of carbonyl (C=O) groups excluding carboxylic acids is 1. The van der Waals surface area contributed by atoms with E-state index in [9.17, 15) is 4.79 Å². The van der Waals surface area contributed by atoms with Crippen LogP contribution in [0.4, 0.5) is 4.79 Å². The van der Waals surface area contributed by atoms with E-state index < -0.39 is 0 Å². The van der Waals surface area contributed by atoms with Crippen LogP contribution >= 0.6 is 0 Å². The number of aromatic nitrogens is 3. The fourth-order valence-corrected chi connectivity index (χ4v) is 1.29. The van der Waals surface area contributed by atoms with Gasteiger partial charge in [0.15, 0.2) is 0 Å². The van der Waals surface area contributed by atoms with Crippen LogP contribution in [0.1, 0.15) is 5.56 Å². The van der Waals surface area contributed by atoms with Crippen molar-refractivity contribution in [2.75, 3.05) is 6.54 Å². The molecule has 0 aromatic carbocycles. The quantitative estimate of drug-likeness (QED) is 0.867. The minimum atomic E-state index is -0.196. The molecule has 0 unspecified atom stereocenters. The first-order valence-electron chi connectivity index (χ1n) is 5.19. The van der Waals surface area contributed by atoms with Crippen molar-refractivity contribution in [3.05, 3.63) is 54.9 Å². The molecular weight excluding hydrogens is 216 g/mol. The topological polar surface area (TPSA) is 59.8 Å². The fraction of sp³-hybridized carbons (Fsp3) is 0.0833. The number of nitrogens with one attached hydrogen (secondary N) is 1. The van der Waals surface area contributed by atoms with E-state index >= 15 is 0 Å². The molecule has 0 aliphatic heterocycles. The van der Waals surface area contributed by atoms with E-state index in [-0.39, 0.29) is 6.03 Å². The lowest BCUT2D eigenvalue weighted by molar-refractivity contribution is 0.243. The van der Waals surface area contributed by atoms with Crippen LogP contribution < -0.4 is 5.32 Å². The molecule has 2 aromatic rings. The molecule has 1 N–H and O–H groups in total. The van der Waals surface area contributed by atoms with E-state index in [4.69, 9.17) is 0 Å². The van der Waals surface area contributed by atoms with Crippen molar-refractivity contribution in [2.45, 2.75) is 0 Å². The summed E-state index contributed by atoms with van der Waals surface area (Å²) in [4.78, 5) is 19.3. The molecule has 17 heavy (non-hydrogen) atoms. The zero-order chi connectivity index (χ0) is 11.9. The van der Waals surface area contributed by atoms with Gasteiger partial charge in [0, 0.05) is 31.3 Å². The normalized spacial score (nSPS) is 10.6. The lowest BCUT2D eigenvalue weighted by Gasteiger charge is -2.01. The van der Waals surface area contributed by atoms with Crippen molar-refractivity contribution in [3.63, 3.8) is 0 Å². The largest absolute Gasteiger partial charge is 0.334 e. The van der Waals surface area contributed by atoms with Gasteiger partial charge >= 0.3 is 6.03 Å². The molecule has 0 saturated carbocycles. The zero-order valence-electron chi connectivity index (χ0n) is 9.15. The molecule has 2 aromatic heterocycles. The molecule has 0 atom stereocenters. The van der Waals surface area contributed by atoms with Crippen LogP contribution in [0.3, 0.4) is 0 Å². The third-order valence-electron chi connectivity index (χ3n) is 2.10. The number of hydrogen-bond donors (Lipinski definition) is 1. The average molecular weight is 228 g/mol. The number of rotatable bonds is 3. The lowest BCUT2D eigenvalue weighted by Crippen LogP contribution is -2.27. The summed E-state index contributed by atoms with van der Waals surface area (Å²) < 4.78 is 1.39. The van der Waals surface area contributed by atoms with Crippen LogP contribution in [0.2, 0.25) is 0 Å². The summed E-state index contributed by atoms with van der Waals surface area (Å²) in [5, 5.41) is 2.73. The van der Waals surface area contributed by atoms with E-state index in [0.29, 0.717) is 6.54 Å². The number of imidazole rings is 1. The van der Waals surface area contributed by atoms with Gasteiger partial charge in [-0.1, -0.05) is 18.2 Å². The number of nitrogens with zero attached hydrogens (tertiary/aromatic N) is 3. The van der Waals surface area contributed by atoms with Gasteiger partial charge in [-0.05, 0) is 11.6 Å². The maximum atomic E-state index is 11.5. The molecule has 5 heteroatoms. The van der Waals surface area contributed by atoms with Gasteiger partial charge in [0.25, 0.3) is 0 Å². The molecule has 0 fully saturated rings. The summed E-state index contributed by atoms with van der Waals surface area (Å²) in [7, 11) is 0. The van der Waals surface area contributed by atoms with Crippen LogP contribution in [0.25, 0.3) is 6.08 Å². The Bertz CT molecular complexity index is 490. The predicted molar refractivity (Wildman–Crippen MR) is 64.3 cm³/mol. The number of amides is 1. The highest BCUT2D eigenvalue weighted by Crippen LogP contribution is 1.97. The minimum absolute atomic E-state index is 0.196. The second-order valence-electron chi connectivity index (χ2n) is 3.34. The summed E-state index contributed by atoms with van der Waals surface area (Å²) in [5.41, 5.74) is 1.00. The van der Waals surface area contributed by atoms with E-state index in [1.165, 1.54) is 10.9 Å². The Morgan fingerprint density at radius 1 is 1.41 bits per heavy atom. The average Bonchev–Trinajstić information content (AvgIpc) is 2.89. The summed E-state index contributed by atoms with van der Waals surface area (Å²) in [6, 6.07) is 3.61. The van der Waals surface area contributed by atoms with Crippen molar-refractivity contribution >= 4 is 12.1 Å². The van der Waals surface area contributed by atoms with Gasteiger partial charge in [-0.2, -0.15) is 0 Å². The Morgan fingerprint density at radius 3 is 3.06 bits per heavy atom. The molecule has 0 aliphatic rings. The summed E-state index contributed by atoms with van der Waals surface area (Å²) in [6.45, 7) is 0.464. The zero-order valence-corrected chi connectivity index (χ0v) is 9.15. The maximum Gasteiger partial charge on any atom is 0.327 e. The van der Waals surface area contributed by atoms with Crippen LogP contribution in [0.15, 0.2) is 49.3 Å². The second-order valence-corrected chi connectivity index (χ2v) is 3.34. The Morgan fingerprint density at radius 2 is 2.35 bits per heavy atom. The summed E-state index contributed by atoms with van der Waals surface area (Å²) >= 11 is 0. The molecule has 5 nitrogen and oxygen atoms in total. The van der Waals surface area contributed by atoms with Crippen molar-refractivity contribution in [3.8, 4) is 0 Å². The Hall–Kier alpha value is -2.43. The van der Waals surface area contributed by atoms with Gasteiger partial charge < -0.3 is 5.32 Å².